The van der Waals surface area contributed by atoms with E-state index in [0.29, 0.717) is 42.2 Å². The molecule has 1 aliphatic heterocycles. The average molecular weight is 341 g/mol. The number of hydrogen-bond donors (Lipinski definition) is 3. The standard InChI is InChI=1S/C14H14Cl2N4O2/c15-8-3-7(12(21)10(16)4-8)5-20-2-1-11-9(6-20)13(22)19-14(17)18-11/h3-4,21H,1-2,5-6H2,(H3,17,18,19,22). The lowest BCUT2D eigenvalue weighted by atomic mass is 10.1. The smallest absolute Gasteiger partial charge is 0.257 e. The molecule has 3 rings (SSSR count). The van der Waals surface area contributed by atoms with E-state index in [9.17, 15) is 9.90 Å². The lowest BCUT2D eigenvalue weighted by Gasteiger charge is -2.27. The molecule has 0 radical (unpaired) electrons. The van der Waals surface area contributed by atoms with Crippen LogP contribution >= 0.6 is 23.2 Å². The quantitative estimate of drug-likeness (QED) is 0.776. The first kappa shape index (κ1) is 15.1. The fourth-order valence-electron chi connectivity index (χ4n) is 2.62. The maximum Gasteiger partial charge on any atom is 0.257 e. The molecule has 1 aromatic carbocycles. The minimum atomic E-state index is -0.222. The Kier molecular flexibility index (Phi) is 3.99. The van der Waals surface area contributed by atoms with E-state index in [1.807, 2.05) is 4.90 Å². The minimum absolute atomic E-state index is 0.0150. The second kappa shape index (κ2) is 5.79. The van der Waals surface area contributed by atoms with Crippen LogP contribution in [-0.2, 0) is 19.5 Å². The van der Waals surface area contributed by atoms with Crippen molar-refractivity contribution in [1.29, 1.82) is 0 Å². The Hall–Kier alpha value is -1.76. The van der Waals surface area contributed by atoms with Crippen molar-refractivity contribution in [2.24, 2.45) is 0 Å². The van der Waals surface area contributed by atoms with Gasteiger partial charge in [-0.3, -0.25) is 14.7 Å². The molecule has 4 N–H and O–H groups in total. The van der Waals surface area contributed by atoms with Crippen LogP contribution in [0.4, 0.5) is 5.95 Å². The van der Waals surface area contributed by atoms with Crippen molar-refractivity contribution in [3.8, 4) is 5.75 Å². The van der Waals surface area contributed by atoms with Gasteiger partial charge in [0.25, 0.3) is 5.56 Å². The zero-order chi connectivity index (χ0) is 15.9. The molecule has 1 aliphatic rings. The summed E-state index contributed by atoms with van der Waals surface area (Å²) in [7, 11) is 0. The van der Waals surface area contributed by atoms with E-state index in [4.69, 9.17) is 28.9 Å². The molecule has 2 aromatic rings. The summed E-state index contributed by atoms with van der Waals surface area (Å²) in [6.45, 7) is 1.57. The van der Waals surface area contributed by atoms with E-state index in [1.54, 1.807) is 6.07 Å². The van der Waals surface area contributed by atoms with Gasteiger partial charge in [-0.25, -0.2) is 4.98 Å². The number of aromatic nitrogens is 2. The third-order valence-electron chi connectivity index (χ3n) is 3.67. The van der Waals surface area contributed by atoms with Crippen LogP contribution in [-0.4, -0.2) is 26.5 Å². The van der Waals surface area contributed by atoms with E-state index >= 15 is 0 Å². The maximum atomic E-state index is 12.0. The van der Waals surface area contributed by atoms with E-state index in [-0.39, 0.29) is 22.3 Å². The first-order valence-electron chi connectivity index (χ1n) is 6.71. The molecular weight excluding hydrogens is 327 g/mol. The molecule has 0 aliphatic carbocycles. The topological polar surface area (TPSA) is 95.2 Å². The van der Waals surface area contributed by atoms with E-state index < -0.39 is 0 Å². The lowest BCUT2D eigenvalue weighted by molar-refractivity contribution is 0.239. The summed E-state index contributed by atoms with van der Waals surface area (Å²) >= 11 is 11.9. The second-order valence-electron chi connectivity index (χ2n) is 5.23. The van der Waals surface area contributed by atoms with Gasteiger partial charge in [-0.15, -0.1) is 0 Å². The summed E-state index contributed by atoms with van der Waals surface area (Å²) in [6.07, 6.45) is 0.624. The summed E-state index contributed by atoms with van der Waals surface area (Å²) < 4.78 is 0. The van der Waals surface area contributed by atoms with Crippen LogP contribution in [0.1, 0.15) is 16.8 Å². The Balaban J connectivity index is 1.86. The monoisotopic (exact) mass is 340 g/mol. The molecule has 22 heavy (non-hydrogen) atoms. The highest BCUT2D eigenvalue weighted by Gasteiger charge is 2.22. The number of aromatic hydroxyl groups is 1. The van der Waals surface area contributed by atoms with Crippen LogP contribution in [0.3, 0.4) is 0 Å². The molecule has 1 aromatic heterocycles. The summed E-state index contributed by atoms with van der Waals surface area (Å²) in [5.41, 5.74) is 7.29. The predicted octanol–water partition coefficient (Wildman–Crippen LogP) is 1.92. The van der Waals surface area contributed by atoms with Crippen LogP contribution in [0.5, 0.6) is 5.75 Å². The van der Waals surface area contributed by atoms with Crippen LogP contribution in [0, 0.1) is 0 Å². The number of hydrogen-bond acceptors (Lipinski definition) is 5. The molecule has 0 spiro atoms. The Bertz CT molecular complexity index is 791. The van der Waals surface area contributed by atoms with Gasteiger partial charge in [0.1, 0.15) is 5.75 Å². The average Bonchev–Trinajstić information content (AvgIpc) is 2.45. The Morgan fingerprint density at radius 3 is 2.95 bits per heavy atom. The van der Waals surface area contributed by atoms with Crippen LogP contribution in [0.25, 0.3) is 0 Å². The number of aromatic amines is 1. The van der Waals surface area contributed by atoms with E-state index in [0.717, 1.165) is 5.69 Å². The third kappa shape index (κ3) is 2.90. The highest BCUT2D eigenvalue weighted by molar-refractivity contribution is 6.35. The molecule has 0 saturated carbocycles. The van der Waals surface area contributed by atoms with Crippen molar-refractivity contribution < 1.29 is 5.11 Å². The molecule has 0 fully saturated rings. The van der Waals surface area contributed by atoms with Gasteiger partial charge in [0.15, 0.2) is 0 Å². The number of nitrogen functional groups attached to an aromatic ring is 1. The van der Waals surface area contributed by atoms with Gasteiger partial charge >= 0.3 is 0 Å². The number of nitrogens with zero attached hydrogens (tertiary/aromatic N) is 2. The van der Waals surface area contributed by atoms with Crippen molar-refractivity contribution in [3.63, 3.8) is 0 Å². The van der Waals surface area contributed by atoms with Gasteiger partial charge in [0.2, 0.25) is 5.95 Å². The molecule has 0 amide bonds. The third-order valence-corrected chi connectivity index (χ3v) is 4.17. The molecule has 2 heterocycles. The number of benzene rings is 1. The van der Waals surface area contributed by atoms with Crippen LogP contribution in [0.15, 0.2) is 16.9 Å². The van der Waals surface area contributed by atoms with Crippen LogP contribution in [0.2, 0.25) is 10.0 Å². The molecule has 0 saturated heterocycles. The number of H-pyrrole nitrogens is 1. The summed E-state index contributed by atoms with van der Waals surface area (Å²) in [6, 6.07) is 3.16. The van der Waals surface area contributed by atoms with E-state index in [2.05, 4.69) is 9.97 Å². The Labute approximate surface area is 136 Å². The van der Waals surface area contributed by atoms with Crippen molar-refractivity contribution in [3.05, 3.63) is 49.4 Å². The highest BCUT2D eigenvalue weighted by atomic mass is 35.5. The minimum Gasteiger partial charge on any atom is -0.506 e. The van der Waals surface area contributed by atoms with Crippen molar-refractivity contribution in [2.45, 2.75) is 19.5 Å². The lowest BCUT2D eigenvalue weighted by Crippen LogP contribution is -2.35. The van der Waals surface area contributed by atoms with Crippen molar-refractivity contribution in [1.82, 2.24) is 14.9 Å². The van der Waals surface area contributed by atoms with Gasteiger partial charge in [0.05, 0.1) is 16.3 Å². The van der Waals surface area contributed by atoms with Gasteiger partial charge < -0.3 is 10.8 Å². The predicted molar refractivity (Wildman–Crippen MR) is 85.2 cm³/mol. The van der Waals surface area contributed by atoms with Crippen molar-refractivity contribution >= 4 is 29.2 Å². The highest BCUT2D eigenvalue weighted by Crippen LogP contribution is 2.32. The Morgan fingerprint density at radius 1 is 1.41 bits per heavy atom. The summed E-state index contributed by atoms with van der Waals surface area (Å²) in [4.78, 5) is 20.7. The van der Waals surface area contributed by atoms with Gasteiger partial charge in [-0.2, -0.15) is 0 Å². The fourth-order valence-corrected chi connectivity index (χ4v) is 3.15. The number of nitrogens with two attached hydrogens (primary N) is 1. The van der Waals surface area contributed by atoms with E-state index in [1.165, 1.54) is 6.07 Å². The SMILES string of the molecule is Nc1nc2c(c(=O)[nH]1)CN(Cc1cc(Cl)cc(Cl)c1O)CC2. The molecule has 0 bridgehead atoms. The number of anilines is 1. The summed E-state index contributed by atoms with van der Waals surface area (Å²) in [5, 5.41) is 10.7. The maximum absolute atomic E-state index is 12.0. The normalized spacial score (nSPS) is 14.8. The molecular formula is C14H14Cl2N4O2. The zero-order valence-corrected chi connectivity index (χ0v) is 13.1. The number of phenolic OH excluding ortho intramolecular Hbond substituents is 1. The number of fused-ring (bicyclic) bond motifs is 1. The van der Waals surface area contributed by atoms with Gasteiger partial charge in [-0.1, -0.05) is 23.2 Å². The zero-order valence-electron chi connectivity index (χ0n) is 11.6. The van der Waals surface area contributed by atoms with Gasteiger partial charge in [-0.05, 0) is 12.1 Å². The Morgan fingerprint density at radius 2 is 2.18 bits per heavy atom. The summed E-state index contributed by atoms with van der Waals surface area (Å²) in [5.74, 6) is 0.151. The molecule has 0 atom stereocenters. The number of phenols is 1. The largest absolute Gasteiger partial charge is 0.506 e. The number of rotatable bonds is 2. The first-order chi connectivity index (χ1) is 10.4. The first-order valence-corrected chi connectivity index (χ1v) is 7.46. The van der Waals surface area contributed by atoms with Crippen LogP contribution < -0.4 is 11.3 Å². The molecule has 8 heteroatoms. The molecule has 6 nitrogen and oxygen atoms in total. The number of halogens is 2. The molecule has 116 valence electrons. The van der Waals surface area contributed by atoms with Crippen molar-refractivity contribution in [2.75, 3.05) is 12.3 Å². The molecule has 0 unspecified atom stereocenters. The fraction of sp³-hybridized carbons (Fsp3) is 0.286. The number of nitrogens with one attached hydrogen (secondary N) is 1. The second-order valence-corrected chi connectivity index (χ2v) is 6.08. The van der Waals surface area contributed by atoms with Gasteiger partial charge in [0, 0.05) is 36.6 Å².